The zero-order valence-corrected chi connectivity index (χ0v) is 18.0. The maximum atomic E-state index is 13.1. The lowest BCUT2D eigenvalue weighted by Gasteiger charge is -2.11. The number of nitrogens with zero attached hydrogens (tertiary/aromatic N) is 5. The van der Waals surface area contributed by atoms with Gasteiger partial charge in [-0.2, -0.15) is 0 Å². The molecule has 0 unspecified atom stereocenters. The summed E-state index contributed by atoms with van der Waals surface area (Å²) in [6.45, 7) is 1.12. The van der Waals surface area contributed by atoms with Gasteiger partial charge in [0.25, 0.3) is 5.89 Å². The SMILES string of the molecule is COCCn1ccnc1-c1nnc(N[C@H]2N=C(c3ccccc3)c3ccccc3CC2=O)o1. The molecule has 2 aromatic heterocycles. The van der Waals surface area contributed by atoms with Crippen LogP contribution in [0.2, 0.25) is 0 Å². The first-order chi connectivity index (χ1) is 16.2. The Morgan fingerprint density at radius 3 is 2.79 bits per heavy atom. The smallest absolute Gasteiger partial charge is 0.317 e. The van der Waals surface area contributed by atoms with Crippen molar-refractivity contribution in [2.75, 3.05) is 19.0 Å². The van der Waals surface area contributed by atoms with Gasteiger partial charge in [-0.05, 0) is 5.56 Å². The lowest BCUT2D eigenvalue weighted by molar-refractivity contribution is -0.119. The molecule has 5 rings (SSSR count). The number of hydrogen-bond donors (Lipinski definition) is 1. The number of aromatic nitrogens is 4. The minimum Gasteiger partial charge on any atom is -0.400 e. The van der Waals surface area contributed by atoms with E-state index in [2.05, 4.69) is 20.5 Å². The van der Waals surface area contributed by atoms with Crippen LogP contribution in [-0.2, 0) is 22.5 Å². The molecular formula is C24H22N6O3. The van der Waals surface area contributed by atoms with Crippen molar-refractivity contribution >= 4 is 17.5 Å². The Morgan fingerprint density at radius 2 is 1.94 bits per heavy atom. The number of Topliss-reactive ketones (excluding diaryl/α,β-unsaturated/α-hetero) is 1. The third kappa shape index (κ3) is 4.31. The van der Waals surface area contributed by atoms with Crippen LogP contribution in [0.4, 0.5) is 6.01 Å². The normalized spacial score (nSPS) is 15.6. The molecule has 0 fully saturated rings. The highest BCUT2D eigenvalue weighted by Gasteiger charge is 2.27. The molecule has 0 bridgehead atoms. The van der Waals surface area contributed by atoms with Crippen LogP contribution >= 0.6 is 0 Å². The molecule has 0 saturated carbocycles. The fourth-order valence-corrected chi connectivity index (χ4v) is 3.77. The number of benzene rings is 2. The molecule has 9 nitrogen and oxygen atoms in total. The number of nitrogens with one attached hydrogen (secondary N) is 1. The van der Waals surface area contributed by atoms with Gasteiger partial charge in [0.1, 0.15) is 0 Å². The zero-order chi connectivity index (χ0) is 22.6. The van der Waals surface area contributed by atoms with Crippen LogP contribution in [0.15, 0.2) is 76.4 Å². The zero-order valence-electron chi connectivity index (χ0n) is 18.0. The number of carbonyl (C=O) groups is 1. The topological polar surface area (TPSA) is 107 Å². The summed E-state index contributed by atoms with van der Waals surface area (Å²) in [7, 11) is 1.64. The molecule has 3 heterocycles. The molecule has 0 aliphatic carbocycles. The quantitative estimate of drug-likeness (QED) is 0.469. The molecule has 4 aromatic rings. The van der Waals surface area contributed by atoms with Crippen LogP contribution in [0.3, 0.4) is 0 Å². The van der Waals surface area contributed by atoms with Gasteiger partial charge in [0, 0.05) is 43.6 Å². The molecule has 0 radical (unpaired) electrons. The lowest BCUT2D eigenvalue weighted by Crippen LogP contribution is -2.29. The van der Waals surface area contributed by atoms with Gasteiger partial charge in [0.05, 0.1) is 12.3 Å². The first kappa shape index (κ1) is 20.8. The van der Waals surface area contributed by atoms with Crippen LogP contribution in [0, 0.1) is 0 Å². The first-order valence-corrected chi connectivity index (χ1v) is 10.6. The van der Waals surface area contributed by atoms with E-state index in [9.17, 15) is 4.79 Å². The van der Waals surface area contributed by atoms with Crippen molar-refractivity contribution < 1.29 is 13.9 Å². The summed E-state index contributed by atoms with van der Waals surface area (Å²) in [5.74, 6) is 0.686. The van der Waals surface area contributed by atoms with Crippen molar-refractivity contribution in [3.05, 3.63) is 83.7 Å². The first-order valence-electron chi connectivity index (χ1n) is 10.6. The van der Waals surface area contributed by atoms with E-state index in [1.807, 2.05) is 65.4 Å². The van der Waals surface area contributed by atoms with Crippen LogP contribution < -0.4 is 5.32 Å². The summed E-state index contributed by atoms with van der Waals surface area (Å²) in [5.41, 5.74) is 3.54. The molecule has 1 N–H and O–H groups in total. The van der Waals surface area contributed by atoms with E-state index in [-0.39, 0.29) is 24.1 Å². The molecule has 0 saturated heterocycles. The number of methoxy groups -OCH3 is 1. The van der Waals surface area contributed by atoms with E-state index in [1.165, 1.54) is 0 Å². The summed E-state index contributed by atoms with van der Waals surface area (Å²) < 4.78 is 12.8. The van der Waals surface area contributed by atoms with Gasteiger partial charge in [0.2, 0.25) is 0 Å². The van der Waals surface area contributed by atoms with E-state index < -0.39 is 6.17 Å². The Morgan fingerprint density at radius 1 is 1.12 bits per heavy atom. The monoisotopic (exact) mass is 442 g/mol. The Bertz CT molecular complexity index is 1290. The van der Waals surface area contributed by atoms with Gasteiger partial charge in [0.15, 0.2) is 17.8 Å². The van der Waals surface area contributed by atoms with E-state index in [0.29, 0.717) is 19.0 Å². The molecule has 166 valence electrons. The van der Waals surface area contributed by atoms with Crippen LogP contribution in [-0.4, -0.2) is 51.1 Å². The average Bonchev–Trinajstić information content (AvgIpc) is 3.47. The second-order valence-corrected chi connectivity index (χ2v) is 7.54. The predicted octanol–water partition coefficient (Wildman–Crippen LogP) is 2.98. The molecule has 1 atom stereocenters. The standard InChI is InChI=1S/C24H22N6O3/c1-32-14-13-30-12-11-25-22(30)23-28-29-24(33-23)27-21-19(31)15-17-9-5-6-10-18(17)20(26-21)16-7-3-2-4-8-16/h2-12,21H,13-15H2,1H3,(H,27,29)/t21-/m1/s1. The van der Waals surface area contributed by atoms with Crippen molar-refractivity contribution in [3.8, 4) is 11.7 Å². The van der Waals surface area contributed by atoms with Gasteiger partial charge >= 0.3 is 6.01 Å². The summed E-state index contributed by atoms with van der Waals surface area (Å²) in [4.78, 5) is 22.2. The minimum atomic E-state index is -0.867. The van der Waals surface area contributed by atoms with Gasteiger partial charge < -0.3 is 19.0 Å². The van der Waals surface area contributed by atoms with Crippen molar-refractivity contribution in [1.29, 1.82) is 0 Å². The highest BCUT2D eigenvalue weighted by atomic mass is 16.5. The van der Waals surface area contributed by atoms with Crippen LogP contribution in [0.5, 0.6) is 0 Å². The Labute approximate surface area is 190 Å². The predicted molar refractivity (Wildman–Crippen MR) is 122 cm³/mol. The second kappa shape index (κ2) is 9.17. The number of imidazole rings is 1. The Balaban J connectivity index is 1.45. The van der Waals surface area contributed by atoms with Gasteiger partial charge in [-0.25, -0.2) is 4.98 Å². The minimum absolute atomic E-state index is 0.0882. The molecule has 1 aliphatic rings. The number of fused-ring (bicyclic) bond motifs is 1. The lowest BCUT2D eigenvalue weighted by atomic mass is 9.96. The van der Waals surface area contributed by atoms with E-state index in [0.717, 1.165) is 22.4 Å². The maximum Gasteiger partial charge on any atom is 0.317 e. The van der Waals surface area contributed by atoms with E-state index in [1.54, 1.807) is 13.3 Å². The van der Waals surface area contributed by atoms with E-state index >= 15 is 0 Å². The van der Waals surface area contributed by atoms with Crippen LogP contribution in [0.1, 0.15) is 16.7 Å². The highest BCUT2D eigenvalue weighted by molar-refractivity contribution is 6.16. The number of carbonyl (C=O) groups excluding carboxylic acids is 1. The largest absolute Gasteiger partial charge is 0.400 e. The molecule has 33 heavy (non-hydrogen) atoms. The second-order valence-electron chi connectivity index (χ2n) is 7.54. The summed E-state index contributed by atoms with van der Waals surface area (Å²) >= 11 is 0. The molecule has 9 heteroatoms. The fraction of sp³-hybridized carbons (Fsp3) is 0.208. The van der Waals surface area contributed by atoms with E-state index in [4.69, 9.17) is 14.1 Å². The Kier molecular flexibility index (Phi) is 5.77. The summed E-state index contributed by atoms with van der Waals surface area (Å²) in [5, 5.41) is 11.2. The molecular weight excluding hydrogens is 420 g/mol. The number of hydrogen-bond acceptors (Lipinski definition) is 8. The molecule has 0 amide bonds. The molecule has 2 aromatic carbocycles. The van der Waals surface area contributed by atoms with Crippen molar-refractivity contribution in [1.82, 2.24) is 19.7 Å². The van der Waals surface area contributed by atoms with Crippen molar-refractivity contribution in [3.63, 3.8) is 0 Å². The molecule has 0 spiro atoms. The third-order valence-corrected chi connectivity index (χ3v) is 5.38. The van der Waals surface area contributed by atoms with Crippen LogP contribution in [0.25, 0.3) is 11.7 Å². The number of ketones is 1. The average molecular weight is 442 g/mol. The third-order valence-electron chi connectivity index (χ3n) is 5.38. The van der Waals surface area contributed by atoms with Gasteiger partial charge in [-0.1, -0.05) is 59.7 Å². The maximum absolute atomic E-state index is 13.1. The van der Waals surface area contributed by atoms with Crippen molar-refractivity contribution in [2.45, 2.75) is 19.1 Å². The summed E-state index contributed by atoms with van der Waals surface area (Å²) in [6, 6.07) is 17.7. The van der Waals surface area contributed by atoms with Gasteiger partial charge in [-0.3, -0.25) is 9.79 Å². The summed E-state index contributed by atoms with van der Waals surface area (Å²) in [6.07, 6.45) is 2.85. The fourth-order valence-electron chi connectivity index (χ4n) is 3.77. The van der Waals surface area contributed by atoms with Crippen molar-refractivity contribution in [2.24, 2.45) is 4.99 Å². The number of rotatable bonds is 7. The molecule has 1 aliphatic heterocycles. The highest BCUT2D eigenvalue weighted by Crippen LogP contribution is 2.24. The number of anilines is 1. The number of ether oxygens (including phenoxy) is 1. The number of aliphatic imine (C=N–C) groups is 1. The van der Waals surface area contributed by atoms with Gasteiger partial charge in [-0.15, -0.1) is 5.10 Å². The Hall–Kier alpha value is -4.11.